The van der Waals surface area contributed by atoms with Crippen molar-refractivity contribution >= 4 is 46.2 Å². The van der Waals surface area contributed by atoms with Gasteiger partial charge in [0, 0.05) is 16.4 Å². The Hall–Kier alpha value is -5.60. The molecule has 288 valence electrons. The summed E-state index contributed by atoms with van der Waals surface area (Å²) in [5.41, 5.74) is -0.0932. The average Bonchev–Trinajstić information content (AvgIpc) is 3.18. The Balaban J connectivity index is 0.000000234. The van der Waals surface area contributed by atoms with Gasteiger partial charge in [0.25, 0.3) is 6.71 Å². The van der Waals surface area contributed by atoms with E-state index in [1.54, 1.807) is 0 Å². The van der Waals surface area contributed by atoms with Crippen LogP contribution in [-0.4, -0.2) is 13.4 Å². The van der Waals surface area contributed by atoms with Crippen molar-refractivity contribution in [1.82, 2.24) is 0 Å². The van der Waals surface area contributed by atoms with Crippen molar-refractivity contribution in [3.05, 3.63) is 177 Å². The third kappa shape index (κ3) is 7.50. The first-order valence-corrected chi connectivity index (χ1v) is 16.0. The fourth-order valence-corrected chi connectivity index (χ4v) is 5.91. The molecule has 0 spiro atoms. The Morgan fingerprint density at radius 3 is 0.571 bits per heavy atom. The fraction of sp³-hybridized carbons (Fsp3) is 0.0769. The normalized spacial score (nSPS) is 11.0. The van der Waals surface area contributed by atoms with Gasteiger partial charge in [0.15, 0.2) is 87.3 Å². The molecule has 0 radical (unpaired) electrons. The predicted molar refractivity (Wildman–Crippen MR) is 182 cm³/mol. The molecule has 6 aromatic rings. The van der Waals surface area contributed by atoms with Crippen LogP contribution in [0.1, 0.15) is 16.7 Å². The Bertz CT molecular complexity index is 2090. The molecule has 0 aliphatic rings. The van der Waals surface area contributed by atoms with E-state index in [1.807, 2.05) is 0 Å². The summed E-state index contributed by atoms with van der Waals surface area (Å²) in [6, 6.07) is 26.7. The number of hydrogen-bond donors (Lipinski definition) is 0. The lowest BCUT2D eigenvalue weighted by atomic mass is 9.36. The second-order valence-electron chi connectivity index (χ2n) is 12.5. The number of halogens is 15. The van der Waals surface area contributed by atoms with Crippen molar-refractivity contribution in [2.24, 2.45) is 0 Å². The summed E-state index contributed by atoms with van der Waals surface area (Å²) in [4.78, 5) is 0. The fourth-order valence-electron chi connectivity index (χ4n) is 5.91. The maximum absolute atomic E-state index is 14.4. The molecular formula is C39H21B2F15. The summed E-state index contributed by atoms with van der Waals surface area (Å²) in [6.45, 7) is 2.74. The monoisotopic (exact) mass is 796 g/mol. The standard InChI is InChI=1S/C21H21B.C18BF15/c1-16-4-10-19(11-5-16)22(20-12-6-17(2)7-13-20)21-14-8-18(3)9-15-21;20-4-1(5(21)11(27)16(32)10(4)26)19(2-6(22)12(28)17(33)13(29)7(2)23)3-8(24)14(30)18(34)15(31)9(3)25/h4-15H,1-3H3;. The molecule has 0 aliphatic heterocycles. The molecule has 6 aromatic carbocycles. The molecule has 0 atom stereocenters. The predicted octanol–water partition coefficient (Wildman–Crippen LogP) is 7.42. The van der Waals surface area contributed by atoms with Crippen LogP contribution in [0, 0.1) is 108 Å². The van der Waals surface area contributed by atoms with Gasteiger partial charge >= 0.3 is 0 Å². The minimum Gasteiger partial charge on any atom is -0.204 e. The summed E-state index contributed by atoms with van der Waals surface area (Å²) >= 11 is 0. The molecule has 0 aromatic heterocycles. The van der Waals surface area contributed by atoms with E-state index in [1.165, 1.54) is 33.1 Å². The van der Waals surface area contributed by atoms with Crippen LogP contribution in [0.3, 0.4) is 0 Å². The minimum atomic E-state index is -3.96. The van der Waals surface area contributed by atoms with E-state index in [9.17, 15) is 65.9 Å². The molecular weight excluding hydrogens is 775 g/mol. The molecule has 0 unspecified atom stereocenters. The summed E-state index contributed by atoms with van der Waals surface area (Å²) in [7, 11) is 0. The lowest BCUT2D eigenvalue weighted by Crippen LogP contribution is -2.60. The Kier molecular flexibility index (Phi) is 12.1. The van der Waals surface area contributed by atoms with Gasteiger partial charge in [0.2, 0.25) is 6.71 Å². The zero-order valence-electron chi connectivity index (χ0n) is 28.8. The minimum absolute atomic E-state index is 0.293. The third-order valence-electron chi connectivity index (χ3n) is 8.83. The van der Waals surface area contributed by atoms with Gasteiger partial charge in [-0.2, -0.15) is 0 Å². The molecule has 0 N–H and O–H groups in total. The van der Waals surface area contributed by atoms with Crippen molar-refractivity contribution in [1.29, 1.82) is 0 Å². The van der Waals surface area contributed by atoms with Gasteiger partial charge in [-0.05, 0) is 20.8 Å². The summed E-state index contributed by atoms with van der Waals surface area (Å²) in [5, 5.41) is 0. The Morgan fingerprint density at radius 2 is 0.393 bits per heavy atom. The number of hydrogen-bond acceptors (Lipinski definition) is 0. The van der Waals surface area contributed by atoms with Crippen molar-refractivity contribution in [3.63, 3.8) is 0 Å². The third-order valence-corrected chi connectivity index (χ3v) is 8.83. The van der Waals surface area contributed by atoms with E-state index < -0.39 is 110 Å². The molecule has 0 saturated carbocycles. The van der Waals surface area contributed by atoms with Crippen LogP contribution >= 0.6 is 0 Å². The first kappa shape index (κ1) is 41.6. The molecule has 6 rings (SSSR count). The van der Waals surface area contributed by atoms with E-state index in [2.05, 4.69) is 93.6 Å². The second kappa shape index (κ2) is 16.2. The van der Waals surface area contributed by atoms with E-state index in [-0.39, 0.29) is 0 Å². The van der Waals surface area contributed by atoms with Crippen LogP contribution in [0.5, 0.6) is 0 Å². The van der Waals surface area contributed by atoms with Crippen LogP contribution in [0.2, 0.25) is 0 Å². The topological polar surface area (TPSA) is 0 Å². The molecule has 56 heavy (non-hydrogen) atoms. The molecule has 0 saturated heterocycles. The van der Waals surface area contributed by atoms with Crippen LogP contribution in [0.4, 0.5) is 65.9 Å². The lowest BCUT2D eigenvalue weighted by molar-refractivity contribution is 0.380. The second-order valence-corrected chi connectivity index (χ2v) is 12.5. The molecule has 0 aliphatic carbocycles. The first-order chi connectivity index (χ1) is 26.3. The summed E-state index contributed by atoms with van der Waals surface area (Å²) in [5.74, 6) is -45.2. The van der Waals surface area contributed by atoms with Crippen molar-refractivity contribution in [3.8, 4) is 0 Å². The van der Waals surface area contributed by atoms with Crippen LogP contribution < -0.4 is 32.8 Å². The zero-order valence-corrected chi connectivity index (χ0v) is 28.8. The molecule has 0 bridgehead atoms. The van der Waals surface area contributed by atoms with Gasteiger partial charge in [0.1, 0.15) is 0 Å². The first-order valence-electron chi connectivity index (χ1n) is 16.0. The van der Waals surface area contributed by atoms with Crippen LogP contribution in [0.15, 0.2) is 72.8 Å². The van der Waals surface area contributed by atoms with Crippen molar-refractivity contribution in [2.45, 2.75) is 20.8 Å². The number of aryl methyl sites for hydroxylation is 3. The van der Waals surface area contributed by atoms with E-state index in [4.69, 9.17) is 0 Å². The van der Waals surface area contributed by atoms with E-state index >= 15 is 0 Å². The van der Waals surface area contributed by atoms with Gasteiger partial charge in [0.05, 0.1) is 0 Å². The average molecular weight is 796 g/mol. The Morgan fingerprint density at radius 1 is 0.232 bits per heavy atom. The van der Waals surface area contributed by atoms with E-state index in [0.717, 1.165) is 0 Å². The highest BCUT2D eigenvalue weighted by Crippen LogP contribution is 2.23. The van der Waals surface area contributed by atoms with E-state index in [0.29, 0.717) is 6.71 Å². The molecule has 17 heteroatoms. The van der Waals surface area contributed by atoms with Gasteiger partial charge in [-0.25, -0.2) is 65.9 Å². The maximum Gasteiger partial charge on any atom is 0.265 e. The smallest absolute Gasteiger partial charge is 0.204 e. The highest BCUT2D eigenvalue weighted by Gasteiger charge is 2.45. The van der Waals surface area contributed by atoms with Gasteiger partial charge in [-0.1, -0.05) is 106 Å². The summed E-state index contributed by atoms with van der Waals surface area (Å²) < 4.78 is 209. The lowest BCUT2D eigenvalue weighted by Gasteiger charge is -2.21. The van der Waals surface area contributed by atoms with Crippen LogP contribution in [-0.2, 0) is 0 Å². The van der Waals surface area contributed by atoms with Crippen molar-refractivity contribution in [2.75, 3.05) is 0 Å². The number of rotatable bonds is 6. The van der Waals surface area contributed by atoms with Crippen molar-refractivity contribution < 1.29 is 65.9 Å². The van der Waals surface area contributed by atoms with Crippen LogP contribution in [0.25, 0.3) is 0 Å². The zero-order chi connectivity index (χ0) is 41.5. The van der Waals surface area contributed by atoms with Gasteiger partial charge < -0.3 is 0 Å². The molecule has 0 fully saturated rings. The SMILES string of the molecule is Cc1ccc(B(c2ccc(C)cc2)c2ccc(C)cc2)cc1.Fc1c(F)c(F)c(B(c2c(F)c(F)c(F)c(F)c2F)c2c(F)c(F)c(F)c(F)c2F)c(F)c1F. The maximum atomic E-state index is 14.4. The van der Waals surface area contributed by atoms with Gasteiger partial charge in [-0.3, -0.25) is 0 Å². The number of benzene rings is 6. The molecule has 0 amide bonds. The highest BCUT2D eigenvalue weighted by atomic mass is 19.2. The quantitative estimate of drug-likeness (QED) is 0.0714. The molecule has 0 heterocycles. The summed E-state index contributed by atoms with van der Waals surface area (Å²) in [6.07, 6.45) is 0. The van der Waals surface area contributed by atoms with Gasteiger partial charge in [-0.15, -0.1) is 0 Å². The highest BCUT2D eigenvalue weighted by molar-refractivity contribution is 6.96. The molecule has 0 nitrogen and oxygen atoms in total. The Labute approximate surface area is 309 Å². The largest absolute Gasteiger partial charge is 0.265 e.